The first-order valence-electron chi connectivity index (χ1n) is 10.6. The van der Waals surface area contributed by atoms with Crippen molar-refractivity contribution in [2.45, 2.75) is 84.3 Å². The Morgan fingerprint density at radius 3 is 2.43 bits per heavy atom. The van der Waals surface area contributed by atoms with Gasteiger partial charge in [-0.3, -0.25) is 14.4 Å². The minimum atomic E-state index is -1.11. The maximum absolute atomic E-state index is 13.4. The lowest BCUT2D eigenvalue weighted by Crippen LogP contribution is -2.56. The fraction of sp³-hybridized carbons (Fsp3) is 0.636. The van der Waals surface area contributed by atoms with Gasteiger partial charge in [0, 0.05) is 5.70 Å². The van der Waals surface area contributed by atoms with Crippen LogP contribution in [0, 0.1) is 5.92 Å². The van der Waals surface area contributed by atoms with Crippen molar-refractivity contribution in [1.29, 1.82) is 0 Å². The number of rotatable bonds is 13. The highest BCUT2D eigenvalue weighted by molar-refractivity contribution is 5.93. The second-order valence-corrected chi connectivity index (χ2v) is 8.02. The molecule has 0 radical (unpaired) electrons. The van der Waals surface area contributed by atoms with E-state index in [2.05, 4.69) is 10.6 Å². The van der Waals surface area contributed by atoms with Crippen LogP contribution in [0.25, 0.3) is 0 Å². The molecule has 1 rings (SSSR count). The zero-order chi connectivity index (χ0) is 22.7. The van der Waals surface area contributed by atoms with E-state index in [9.17, 15) is 24.3 Å². The average Bonchev–Trinajstić information content (AvgIpc) is 2.70. The van der Waals surface area contributed by atoms with Crippen molar-refractivity contribution in [2.75, 3.05) is 0 Å². The molecule has 0 aromatic heterocycles. The van der Waals surface area contributed by atoms with Gasteiger partial charge in [0.15, 0.2) is 0 Å². The van der Waals surface area contributed by atoms with Crippen LogP contribution in [0.2, 0.25) is 0 Å². The number of hydrogen-bond donors (Lipinski definition) is 3. The van der Waals surface area contributed by atoms with Gasteiger partial charge in [-0.2, -0.15) is 0 Å². The summed E-state index contributed by atoms with van der Waals surface area (Å²) in [4.78, 5) is 50.1. The zero-order valence-corrected chi connectivity index (χ0v) is 18.4. The van der Waals surface area contributed by atoms with E-state index >= 15 is 0 Å². The van der Waals surface area contributed by atoms with Gasteiger partial charge in [-0.05, 0) is 44.6 Å². The molecule has 0 aromatic rings. The van der Waals surface area contributed by atoms with Crippen molar-refractivity contribution in [3.05, 3.63) is 23.9 Å². The molecule has 0 heterocycles. The van der Waals surface area contributed by atoms with Gasteiger partial charge in [0.2, 0.25) is 18.2 Å². The quantitative estimate of drug-likeness (QED) is 0.395. The maximum Gasteiger partial charge on any atom is 0.326 e. The van der Waals surface area contributed by atoms with Crippen LogP contribution < -0.4 is 10.6 Å². The number of carbonyl (C=O) groups excluding carboxylic acids is 3. The summed E-state index contributed by atoms with van der Waals surface area (Å²) in [6.07, 6.45) is 9.69. The number of unbranched alkanes of at least 4 members (excludes halogenated alkanes) is 1. The topological polar surface area (TPSA) is 116 Å². The molecule has 0 saturated carbocycles. The summed E-state index contributed by atoms with van der Waals surface area (Å²) in [7, 11) is 0. The Morgan fingerprint density at radius 1 is 1.23 bits per heavy atom. The van der Waals surface area contributed by atoms with Gasteiger partial charge in [0.05, 0.1) is 0 Å². The highest BCUT2D eigenvalue weighted by Crippen LogP contribution is 2.22. The van der Waals surface area contributed by atoms with E-state index in [1.165, 1.54) is 11.8 Å². The average molecular weight is 422 g/mol. The van der Waals surface area contributed by atoms with E-state index in [1.54, 1.807) is 12.2 Å². The Morgan fingerprint density at radius 2 is 1.93 bits per heavy atom. The standard InChI is InChI=1S/C22H35N3O5/c1-5-6-12-18(23-14-26)20(27)24-19(13-15(2)3)21(28)25(16(4)22(29)30)17-10-8-7-9-11-17/h7-8,10,14-16,18-19H,5-6,9,11-13H2,1-4H3,(H,23,26)(H,24,27)(H,29,30)/t16-,18-,19-/m0/s1. The number of allylic oxidation sites excluding steroid dienone is 4. The molecule has 0 aromatic carbocycles. The summed E-state index contributed by atoms with van der Waals surface area (Å²) in [5.41, 5.74) is 0.619. The van der Waals surface area contributed by atoms with E-state index in [-0.39, 0.29) is 5.92 Å². The van der Waals surface area contributed by atoms with Crippen molar-refractivity contribution in [1.82, 2.24) is 15.5 Å². The number of amides is 3. The third-order valence-electron chi connectivity index (χ3n) is 5.04. The van der Waals surface area contributed by atoms with Crippen molar-refractivity contribution >= 4 is 24.2 Å². The predicted octanol–water partition coefficient (Wildman–Crippen LogP) is 2.36. The van der Waals surface area contributed by atoms with E-state index < -0.39 is 35.9 Å². The van der Waals surface area contributed by atoms with Crippen LogP contribution in [0.15, 0.2) is 23.9 Å². The molecule has 3 N–H and O–H groups in total. The molecule has 0 unspecified atom stereocenters. The van der Waals surface area contributed by atoms with Crippen LogP contribution in [-0.4, -0.2) is 52.3 Å². The molecule has 30 heavy (non-hydrogen) atoms. The minimum Gasteiger partial charge on any atom is -0.480 e. The van der Waals surface area contributed by atoms with Crippen LogP contribution in [0.1, 0.15) is 66.2 Å². The smallest absolute Gasteiger partial charge is 0.326 e. The normalized spacial score (nSPS) is 16.2. The Labute approximate surface area is 178 Å². The number of aliphatic carboxylic acids is 1. The van der Waals surface area contributed by atoms with Crippen molar-refractivity contribution in [3.63, 3.8) is 0 Å². The number of carboxylic acids is 1. The first-order chi connectivity index (χ1) is 14.2. The summed E-state index contributed by atoms with van der Waals surface area (Å²) in [6.45, 7) is 7.31. The molecule has 1 aliphatic carbocycles. The van der Waals surface area contributed by atoms with Crippen LogP contribution in [0.5, 0.6) is 0 Å². The van der Waals surface area contributed by atoms with Gasteiger partial charge >= 0.3 is 5.97 Å². The Kier molecular flexibility index (Phi) is 10.9. The molecule has 3 amide bonds. The number of nitrogens with zero attached hydrogens (tertiary/aromatic N) is 1. The Bertz CT molecular complexity index is 672. The van der Waals surface area contributed by atoms with Crippen LogP contribution in [0.3, 0.4) is 0 Å². The van der Waals surface area contributed by atoms with E-state index in [0.717, 1.165) is 12.8 Å². The van der Waals surface area contributed by atoms with Crippen molar-refractivity contribution in [2.24, 2.45) is 5.92 Å². The minimum absolute atomic E-state index is 0.0922. The van der Waals surface area contributed by atoms with Gasteiger partial charge in [0.25, 0.3) is 0 Å². The fourth-order valence-electron chi connectivity index (χ4n) is 3.40. The van der Waals surface area contributed by atoms with Gasteiger partial charge in [0.1, 0.15) is 18.1 Å². The Balaban J connectivity index is 3.15. The van der Waals surface area contributed by atoms with E-state index in [0.29, 0.717) is 37.8 Å². The highest BCUT2D eigenvalue weighted by atomic mass is 16.4. The maximum atomic E-state index is 13.4. The number of carbonyl (C=O) groups is 4. The first kappa shape index (κ1) is 25.4. The SMILES string of the molecule is CCCC[C@H](NC=O)C(=O)N[C@@H](CC(C)C)C(=O)N(C1=CC=CCC1)[C@@H](C)C(=O)O. The lowest BCUT2D eigenvalue weighted by atomic mass is 9.99. The van der Waals surface area contributed by atoms with Gasteiger partial charge in [-0.1, -0.05) is 45.8 Å². The van der Waals surface area contributed by atoms with Gasteiger partial charge in [-0.15, -0.1) is 0 Å². The molecular formula is C22H35N3O5. The summed E-state index contributed by atoms with van der Waals surface area (Å²) in [5.74, 6) is -1.91. The van der Waals surface area contributed by atoms with E-state index in [1.807, 2.05) is 26.8 Å². The molecule has 0 aliphatic heterocycles. The second kappa shape index (κ2) is 12.8. The molecule has 1 aliphatic rings. The molecule has 0 fully saturated rings. The zero-order valence-electron chi connectivity index (χ0n) is 18.4. The first-order valence-corrected chi connectivity index (χ1v) is 10.6. The van der Waals surface area contributed by atoms with Gasteiger partial charge < -0.3 is 20.6 Å². The molecule has 0 bridgehead atoms. The number of nitrogens with one attached hydrogen (secondary N) is 2. The molecule has 0 spiro atoms. The lowest BCUT2D eigenvalue weighted by Gasteiger charge is -2.34. The largest absolute Gasteiger partial charge is 0.480 e. The third-order valence-corrected chi connectivity index (χ3v) is 5.04. The molecular weight excluding hydrogens is 386 g/mol. The third kappa shape index (κ3) is 7.65. The molecule has 0 saturated heterocycles. The summed E-state index contributed by atoms with van der Waals surface area (Å²) < 4.78 is 0. The van der Waals surface area contributed by atoms with E-state index in [4.69, 9.17) is 0 Å². The van der Waals surface area contributed by atoms with Crippen LogP contribution in [-0.2, 0) is 19.2 Å². The van der Waals surface area contributed by atoms with Gasteiger partial charge in [-0.25, -0.2) is 4.79 Å². The van der Waals surface area contributed by atoms with Crippen LogP contribution >= 0.6 is 0 Å². The predicted molar refractivity (Wildman–Crippen MR) is 114 cm³/mol. The summed E-state index contributed by atoms with van der Waals surface area (Å²) in [6, 6.07) is -2.68. The highest BCUT2D eigenvalue weighted by Gasteiger charge is 2.35. The van der Waals surface area contributed by atoms with Crippen LogP contribution in [0.4, 0.5) is 0 Å². The molecule has 8 heteroatoms. The second-order valence-electron chi connectivity index (χ2n) is 8.02. The Hall–Kier alpha value is -2.64. The monoisotopic (exact) mass is 421 g/mol. The van der Waals surface area contributed by atoms with Crippen molar-refractivity contribution in [3.8, 4) is 0 Å². The molecule has 3 atom stereocenters. The summed E-state index contributed by atoms with van der Waals surface area (Å²) in [5, 5.41) is 14.8. The fourth-order valence-corrected chi connectivity index (χ4v) is 3.40. The summed E-state index contributed by atoms with van der Waals surface area (Å²) >= 11 is 0. The molecule has 8 nitrogen and oxygen atoms in total. The number of carboxylic acid groups (broad SMARTS) is 1. The van der Waals surface area contributed by atoms with Crippen molar-refractivity contribution < 1.29 is 24.3 Å². The lowest BCUT2D eigenvalue weighted by molar-refractivity contribution is -0.149. The molecule has 168 valence electrons. The number of hydrogen-bond acceptors (Lipinski definition) is 4.